The Morgan fingerprint density at radius 3 is 2.84 bits per heavy atom. The van der Waals surface area contributed by atoms with Crippen LogP contribution in [0.25, 0.3) is 0 Å². The molecule has 1 aromatic heterocycles. The van der Waals surface area contributed by atoms with Crippen molar-refractivity contribution < 1.29 is 4.79 Å². The van der Waals surface area contributed by atoms with Gasteiger partial charge in [0.05, 0.1) is 5.56 Å². The van der Waals surface area contributed by atoms with E-state index in [2.05, 4.69) is 11.9 Å². The number of carbonyl (C=O) groups excluding carboxylic acids is 1. The summed E-state index contributed by atoms with van der Waals surface area (Å²) in [7, 11) is 0. The van der Waals surface area contributed by atoms with Crippen molar-refractivity contribution in [2.75, 3.05) is 6.54 Å². The molecular weight excluding hydrogens is 283 g/mol. The summed E-state index contributed by atoms with van der Waals surface area (Å²) >= 11 is 11.8. The van der Waals surface area contributed by atoms with Crippen LogP contribution in [0.2, 0.25) is 10.3 Å². The first kappa shape index (κ1) is 14.6. The third-order valence-electron chi connectivity index (χ3n) is 3.65. The molecule has 0 bridgehead atoms. The number of carbonyl (C=O) groups is 1. The number of halogens is 2. The van der Waals surface area contributed by atoms with E-state index >= 15 is 0 Å². The summed E-state index contributed by atoms with van der Waals surface area (Å²) in [5.41, 5.74) is 0.450. The zero-order valence-corrected chi connectivity index (χ0v) is 12.5. The van der Waals surface area contributed by atoms with Crippen molar-refractivity contribution in [3.8, 4) is 0 Å². The quantitative estimate of drug-likeness (QED) is 0.768. The molecule has 19 heavy (non-hydrogen) atoms. The van der Waals surface area contributed by atoms with E-state index < -0.39 is 0 Å². The minimum atomic E-state index is -0.0251. The van der Waals surface area contributed by atoms with Gasteiger partial charge in [-0.2, -0.15) is 0 Å². The molecule has 0 N–H and O–H groups in total. The van der Waals surface area contributed by atoms with E-state index in [4.69, 9.17) is 23.2 Å². The van der Waals surface area contributed by atoms with Gasteiger partial charge in [0, 0.05) is 12.6 Å². The van der Waals surface area contributed by atoms with Crippen molar-refractivity contribution in [3.05, 3.63) is 28.0 Å². The number of amides is 1. The van der Waals surface area contributed by atoms with Gasteiger partial charge in [0.15, 0.2) is 0 Å². The predicted octanol–water partition coefficient (Wildman–Crippen LogP) is 4.18. The van der Waals surface area contributed by atoms with Crippen molar-refractivity contribution >= 4 is 29.1 Å². The lowest BCUT2D eigenvalue weighted by atomic mass is 10.1. The Kier molecular flexibility index (Phi) is 5.06. The largest absolute Gasteiger partial charge is 0.336 e. The molecule has 1 aliphatic heterocycles. The fourth-order valence-corrected chi connectivity index (χ4v) is 3.02. The summed E-state index contributed by atoms with van der Waals surface area (Å²) < 4.78 is 0. The highest BCUT2D eigenvalue weighted by Gasteiger charge is 2.26. The van der Waals surface area contributed by atoms with Crippen molar-refractivity contribution in [1.82, 2.24) is 9.88 Å². The van der Waals surface area contributed by atoms with Crippen LogP contribution in [-0.2, 0) is 0 Å². The summed E-state index contributed by atoms with van der Waals surface area (Å²) in [5, 5.41) is 0.501. The van der Waals surface area contributed by atoms with Crippen LogP contribution in [0.15, 0.2) is 12.1 Å². The molecule has 2 heterocycles. The van der Waals surface area contributed by atoms with E-state index in [0.29, 0.717) is 16.8 Å². The van der Waals surface area contributed by atoms with E-state index in [1.54, 1.807) is 12.1 Å². The second-order valence-corrected chi connectivity index (χ2v) is 5.63. The van der Waals surface area contributed by atoms with Gasteiger partial charge in [-0.05, 0) is 31.4 Å². The zero-order chi connectivity index (χ0) is 13.8. The molecule has 104 valence electrons. The first-order valence-electron chi connectivity index (χ1n) is 6.76. The Hall–Kier alpha value is -0.800. The lowest BCUT2D eigenvalue weighted by Crippen LogP contribution is -2.39. The molecule has 3 nitrogen and oxygen atoms in total. The second-order valence-electron chi connectivity index (χ2n) is 4.88. The highest BCUT2D eigenvalue weighted by Crippen LogP contribution is 2.24. The molecule has 1 aromatic rings. The Labute approximate surface area is 123 Å². The molecular formula is C14H18Cl2N2O. The number of aromatic nitrogens is 1. The van der Waals surface area contributed by atoms with Crippen LogP contribution in [0.3, 0.4) is 0 Å². The summed E-state index contributed by atoms with van der Waals surface area (Å²) in [6.07, 6.45) is 5.48. The van der Waals surface area contributed by atoms with Crippen LogP contribution in [0, 0.1) is 0 Å². The van der Waals surface area contributed by atoms with Crippen molar-refractivity contribution in [2.24, 2.45) is 0 Å². The Balaban J connectivity index is 2.25. The third-order valence-corrected chi connectivity index (χ3v) is 4.15. The zero-order valence-electron chi connectivity index (χ0n) is 11.0. The molecule has 1 fully saturated rings. The highest BCUT2D eigenvalue weighted by molar-refractivity contribution is 6.34. The Morgan fingerprint density at radius 2 is 2.16 bits per heavy atom. The first-order valence-corrected chi connectivity index (χ1v) is 7.52. The Morgan fingerprint density at radius 1 is 1.37 bits per heavy atom. The van der Waals surface area contributed by atoms with Crippen LogP contribution in [0.1, 0.15) is 49.4 Å². The molecule has 1 amide bonds. The first-order chi connectivity index (χ1) is 9.13. The van der Waals surface area contributed by atoms with Gasteiger partial charge in [0.1, 0.15) is 10.3 Å². The van der Waals surface area contributed by atoms with Gasteiger partial charge >= 0.3 is 0 Å². The van der Waals surface area contributed by atoms with Gasteiger partial charge in [-0.25, -0.2) is 4.98 Å². The molecule has 1 aliphatic rings. The maximum Gasteiger partial charge on any atom is 0.257 e. The van der Waals surface area contributed by atoms with E-state index in [1.165, 1.54) is 12.8 Å². The van der Waals surface area contributed by atoms with Gasteiger partial charge in [-0.15, -0.1) is 0 Å². The summed E-state index contributed by atoms with van der Waals surface area (Å²) in [4.78, 5) is 18.5. The normalized spacial score (nSPS) is 20.2. The van der Waals surface area contributed by atoms with E-state index in [0.717, 1.165) is 25.8 Å². The SMILES string of the molecule is CCC1CCCCCN1C(=O)c1ccc(Cl)nc1Cl. The molecule has 5 heteroatoms. The second kappa shape index (κ2) is 6.58. The van der Waals surface area contributed by atoms with Gasteiger partial charge in [-0.3, -0.25) is 4.79 Å². The highest BCUT2D eigenvalue weighted by atomic mass is 35.5. The lowest BCUT2D eigenvalue weighted by Gasteiger charge is -2.29. The topological polar surface area (TPSA) is 33.2 Å². The Bertz CT molecular complexity index is 465. The van der Waals surface area contributed by atoms with Crippen molar-refractivity contribution in [3.63, 3.8) is 0 Å². The molecule has 1 unspecified atom stereocenters. The van der Waals surface area contributed by atoms with Crippen molar-refractivity contribution in [1.29, 1.82) is 0 Å². The lowest BCUT2D eigenvalue weighted by molar-refractivity contribution is 0.0678. The molecule has 2 rings (SSSR count). The molecule has 1 atom stereocenters. The molecule has 0 aliphatic carbocycles. The minimum Gasteiger partial charge on any atom is -0.336 e. The monoisotopic (exact) mass is 300 g/mol. The van der Waals surface area contributed by atoms with Crippen LogP contribution < -0.4 is 0 Å². The average molecular weight is 301 g/mol. The number of hydrogen-bond donors (Lipinski definition) is 0. The van der Waals surface area contributed by atoms with E-state index in [1.807, 2.05) is 4.90 Å². The maximum absolute atomic E-state index is 12.6. The molecule has 1 saturated heterocycles. The standard InChI is InChI=1S/C14H18Cl2N2O/c1-2-10-6-4-3-5-9-18(10)14(19)11-7-8-12(15)17-13(11)16/h7-8,10H,2-6,9H2,1H3. The minimum absolute atomic E-state index is 0.0251. The third kappa shape index (κ3) is 3.40. The number of likely N-dealkylation sites (tertiary alicyclic amines) is 1. The van der Waals surface area contributed by atoms with Crippen LogP contribution in [0.5, 0.6) is 0 Å². The number of hydrogen-bond acceptors (Lipinski definition) is 2. The summed E-state index contributed by atoms with van der Waals surface area (Å²) in [6.45, 7) is 2.92. The maximum atomic E-state index is 12.6. The van der Waals surface area contributed by atoms with Crippen LogP contribution in [0.4, 0.5) is 0 Å². The van der Waals surface area contributed by atoms with Crippen molar-refractivity contribution in [2.45, 2.75) is 45.1 Å². The van der Waals surface area contributed by atoms with E-state index in [9.17, 15) is 4.79 Å². The molecule has 0 aromatic carbocycles. The van der Waals surface area contributed by atoms with E-state index in [-0.39, 0.29) is 11.1 Å². The molecule has 0 radical (unpaired) electrons. The molecule has 0 saturated carbocycles. The van der Waals surface area contributed by atoms with Gasteiger partial charge in [0.2, 0.25) is 0 Å². The van der Waals surface area contributed by atoms with Gasteiger partial charge in [0.25, 0.3) is 5.91 Å². The summed E-state index contributed by atoms with van der Waals surface area (Å²) in [6, 6.07) is 3.58. The molecule has 0 spiro atoms. The van der Waals surface area contributed by atoms with Gasteiger partial charge in [-0.1, -0.05) is 43.0 Å². The number of nitrogens with zero attached hydrogens (tertiary/aromatic N) is 2. The van der Waals surface area contributed by atoms with Gasteiger partial charge < -0.3 is 4.90 Å². The fourth-order valence-electron chi connectivity index (χ4n) is 2.60. The van der Waals surface area contributed by atoms with Crippen LogP contribution >= 0.6 is 23.2 Å². The number of pyridine rings is 1. The number of rotatable bonds is 2. The smallest absolute Gasteiger partial charge is 0.257 e. The fraction of sp³-hybridized carbons (Fsp3) is 0.571. The predicted molar refractivity (Wildman–Crippen MR) is 77.8 cm³/mol. The summed E-state index contributed by atoms with van der Waals surface area (Å²) in [5.74, 6) is -0.0251. The van der Waals surface area contributed by atoms with Crippen LogP contribution in [-0.4, -0.2) is 28.4 Å². The average Bonchev–Trinajstić information content (AvgIpc) is 2.63.